The summed E-state index contributed by atoms with van der Waals surface area (Å²) in [4.78, 5) is 4.20. The van der Waals surface area contributed by atoms with Crippen molar-refractivity contribution in [3.05, 3.63) is 35.9 Å². The van der Waals surface area contributed by atoms with E-state index in [9.17, 15) is 0 Å². The highest BCUT2D eigenvalue weighted by atomic mass is 16.3. The number of hydrogen-bond donors (Lipinski definition) is 2. The van der Waals surface area contributed by atoms with Crippen molar-refractivity contribution in [2.24, 2.45) is 5.73 Å². The minimum absolute atomic E-state index is 0.0476. The van der Waals surface area contributed by atoms with Gasteiger partial charge in [0.2, 0.25) is 0 Å². The molecule has 4 nitrogen and oxygen atoms in total. The molecule has 1 unspecified atom stereocenters. The van der Waals surface area contributed by atoms with Crippen molar-refractivity contribution in [2.75, 3.05) is 6.61 Å². The van der Waals surface area contributed by atoms with E-state index in [0.29, 0.717) is 0 Å². The number of fused-ring (bicyclic) bond motifs is 1. The van der Waals surface area contributed by atoms with Gasteiger partial charge in [-0.15, -0.1) is 0 Å². The third-order valence-electron chi connectivity index (χ3n) is 2.38. The van der Waals surface area contributed by atoms with Gasteiger partial charge < -0.3 is 15.2 Å². The number of hydrogen-bond acceptors (Lipinski definition) is 3. The van der Waals surface area contributed by atoms with Gasteiger partial charge in [-0.1, -0.05) is 0 Å². The van der Waals surface area contributed by atoms with E-state index in [2.05, 4.69) is 4.98 Å². The highest BCUT2D eigenvalue weighted by Crippen LogP contribution is 2.20. The van der Waals surface area contributed by atoms with Crippen molar-refractivity contribution in [3.63, 3.8) is 0 Å². The summed E-state index contributed by atoms with van der Waals surface area (Å²) in [5, 5.41) is 9.00. The molecule has 0 saturated carbocycles. The van der Waals surface area contributed by atoms with Crippen LogP contribution in [-0.4, -0.2) is 21.1 Å². The standard InChI is InChI=1S/C10H13N3O/c1-7-10-8(9(11)6-14)2-4-13(10)5-3-12-7/h2-5,9,14H,6,11H2,1H3. The normalized spacial score (nSPS) is 13.4. The van der Waals surface area contributed by atoms with Crippen LogP contribution >= 0.6 is 0 Å². The molecule has 1 atom stereocenters. The first-order valence-corrected chi connectivity index (χ1v) is 4.52. The molecule has 0 bridgehead atoms. The lowest BCUT2D eigenvalue weighted by atomic mass is 10.1. The maximum atomic E-state index is 9.00. The molecular formula is C10H13N3O. The molecule has 2 heterocycles. The van der Waals surface area contributed by atoms with Crippen LogP contribution in [0.25, 0.3) is 5.52 Å². The van der Waals surface area contributed by atoms with Gasteiger partial charge in [0.25, 0.3) is 0 Å². The molecule has 0 aliphatic carbocycles. The van der Waals surface area contributed by atoms with Crippen LogP contribution in [0.3, 0.4) is 0 Å². The van der Waals surface area contributed by atoms with E-state index in [1.54, 1.807) is 6.20 Å². The second-order valence-corrected chi connectivity index (χ2v) is 3.33. The zero-order valence-electron chi connectivity index (χ0n) is 8.01. The van der Waals surface area contributed by atoms with Gasteiger partial charge in [-0.3, -0.25) is 4.98 Å². The Kier molecular flexibility index (Phi) is 2.23. The number of aromatic nitrogens is 2. The highest BCUT2D eigenvalue weighted by molar-refractivity contribution is 5.60. The minimum Gasteiger partial charge on any atom is -0.394 e. The third kappa shape index (κ3) is 1.29. The van der Waals surface area contributed by atoms with E-state index in [1.165, 1.54) is 0 Å². The summed E-state index contributed by atoms with van der Waals surface area (Å²) in [5.41, 5.74) is 8.65. The third-order valence-corrected chi connectivity index (χ3v) is 2.38. The Labute approximate surface area is 82.0 Å². The van der Waals surface area contributed by atoms with E-state index < -0.39 is 0 Å². The fourth-order valence-electron chi connectivity index (χ4n) is 1.66. The molecule has 2 aromatic rings. The SMILES string of the molecule is Cc1nccn2ccc(C(N)CO)c12. The molecule has 0 aromatic carbocycles. The van der Waals surface area contributed by atoms with Crippen LogP contribution in [0.4, 0.5) is 0 Å². The Hall–Kier alpha value is -1.39. The van der Waals surface area contributed by atoms with Crippen molar-refractivity contribution >= 4 is 5.52 Å². The van der Waals surface area contributed by atoms with Crippen molar-refractivity contribution in [2.45, 2.75) is 13.0 Å². The molecule has 0 amide bonds. The van der Waals surface area contributed by atoms with E-state index in [4.69, 9.17) is 10.8 Å². The summed E-state index contributed by atoms with van der Waals surface area (Å²) in [5.74, 6) is 0. The molecule has 14 heavy (non-hydrogen) atoms. The van der Waals surface area contributed by atoms with Gasteiger partial charge in [0.05, 0.1) is 23.9 Å². The quantitative estimate of drug-likeness (QED) is 0.732. The maximum Gasteiger partial charge on any atom is 0.0713 e. The number of aryl methyl sites for hydroxylation is 1. The zero-order valence-corrected chi connectivity index (χ0v) is 8.01. The van der Waals surface area contributed by atoms with E-state index >= 15 is 0 Å². The molecule has 74 valence electrons. The molecule has 0 spiro atoms. The Bertz CT molecular complexity index is 450. The lowest BCUT2D eigenvalue weighted by Crippen LogP contribution is -2.14. The number of nitrogens with zero attached hydrogens (tertiary/aromatic N) is 2. The predicted molar refractivity (Wildman–Crippen MR) is 53.9 cm³/mol. The van der Waals surface area contributed by atoms with Crippen LogP contribution in [0.15, 0.2) is 24.7 Å². The fourth-order valence-corrected chi connectivity index (χ4v) is 1.66. The zero-order chi connectivity index (χ0) is 10.1. The molecular weight excluding hydrogens is 178 g/mol. The Morgan fingerprint density at radius 2 is 2.36 bits per heavy atom. The van der Waals surface area contributed by atoms with Crippen LogP contribution in [0, 0.1) is 6.92 Å². The summed E-state index contributed by atoms with van der Waals surface area (Å²) in [7, 11) is 0. The van der Waals surface area contributed by atoms with E-state index in [-0.39, 0.29) is 12.6 Å². The van der Waals surface area contributed by atoms with Crippen molar-refractivity contribution in [3.8, 4) is 0 Å². The average molecular weight is 191 g/mol. The van der Waals surface area contributed by atoms with E-state index in [1.807, 2.05) is 29.8 Å². The monoisotopic (exact) mass is 191 g/mol. The molecule has 0 aliphatic heterocycles. The maximum absolute atomic E-state index is 9.00. The topological polar surface area (TPSA) is 63.5 Å². The van der Waals surface area contributed by atoms with Crippen LogP contribution in [-0.2, 0) is 0 Å². The number of aliphatic hydroxyl groups excluding tert-OH is 1. The molecule has 3 N–H and O–H groups in total. The Balaban J connectivity index is 2.67. The van der Waals surface area contributed by atoms with Gasteiger partial charge in [0, 0.05) is 18.6 Å². The summed E-state index contributed by atoms with van der Waals surface area (Å²) in [6.45, 7) is 1.89. The number of rotatable bonds is 2. The summed E-state index contributed by atoms with van der Waals surface area (Å²) >= 11 is 0. The first-order valence-electron chi connectivity index (χ1n) is 4.52. The van der Waals surface area contributed by atoms with Gasteiger partial charge in [-0.2, -0.15) is 0 Å². The molecule has 2 aromatic heterocycles. The molecule has 0 aliphatic rings. The van der Waals surface area contributed by atoms with Crippen molar-refractivity contribution < 1.29 is 5.11 Å². The van der Waals surface area contributed by atoms with Gasteiger partial charge >= 0.3 is 0 Å². The van der Waals surface area contributed by atoms with Crippen LogP contribution in [0.1, 0.15) is 17.3 Å². The van der Waals surface area contributed by atoms with Crippen molar-refractivity contribution in [1.82, 2.24) is 9.38 Å². The molecule has 0 radical (unpaired) electrons. The fraction of sp³-hybridized carbons (Fsp3) is 0.300. The van der Waals surface area contributed by atoms with Gasteiger partial charge in [-0.25, -0.2) is 0 Å². The molecule has 0 saturated heterocycles. The predicted octanol–water partition coefficient (Wildman–Crippen LogP) is 0.635. The lowest BCUT2D eigenvalue weighted by Gasteiger charge is -2.08. The second kappa shape index (κ2) is 3.40. The number of nitrogens with two attached hydrogens (primary N) is 1. The number of aliphatic hydroxyl groups is 1. The first kappa shape index (κ1) is 9.18. The van der Waals surface area contributed by atoms with Crippen LogP contribution < -0.4 is 5.73 Å². The lowest BCUT2D eigenvalue weighted by molar-refractivity contribution is 0.268. The average Bonchev–Trinajstić information content (AvgIpc) is 2.62. The Morgan fingerprint density at radius 3 is 3.07 bits per heavy atom. The summed E-state index contributed by atoms with van der Waals surface area (Å²) in [6.07, 6.45) is 5.54. The summed E-state index contributed by atoms with van der Waals surface area (Å²) < 4.78 is 1.97. The van der Waals surface area contributed by atoms with E-state index in [0.717, 1.165) is 16.8 Å². The van der Waals surface area contributed by atoms with Gasteiger partial charge in [-0.05, 0) is 18.6 Å². The van der Waals surface area contributed by atoms with Gasteiger partial charge in [0.1, 0.15) is 0 Å². The second-order valence-electron chi connectivity index (χ2n) is 3.33. The van der Waals surface area contributed by atoms with Crippen molar-refractivity contribution in [1.29, 1.82) is 0 Å². The van der Waals surface area contributed by atoms with Gasteiger partial charge in [0.15, 0.2) is 0 Å². The smallest absolute Gasteiger partial charge is 0.0713 e. The first-order chi connectivity index (χ1) is 6.74. The molecule has 4 heteroatoms. The van der Waals surface area contributed by atoms with Crippen LogP contribution in [0.5, 0.6) is 0 Å². The largest absolute Gasteiger partial charge is 0.394 e. The summed E-state index contributed by atoms with van der Waals surface area (Å²) in [6, 6.07) is 1.59. The minimum atomic E-state index is -0.331. The highest BCUT2D eigenvalue weighted by Gasteiger charge is 2.11. The molecule has 2 rings (SSSR count). The molecule has 0 fully saturated rings. The Morgan fingerprint density at radius 1 is 1.57 bits per heavy atom. The van der Waals surface area contributed by atoms with Crippen LogP contribution in [0.2, 0.25) is 0 Å².